The number of carbonyl (C=O) groups is 1. The Labute approximate surface area is 114 Å². The first-order chi connectivity index (χ1) is 9.17. The maximum Gasteiger partial charge on any atom is 0.317 e. The minimum absolute atomic E-state index is 0.0753. The zero-order valence-corrected chi connectivity index (χ0v) is 11.4. The summed E-state index contributed by atoms with van der Waals surface area (Å²) in [6.07, 6.45) is 0.922. The van der Waals surface area contributed by atoms with Crippen LogP contribution in [0, 0.1) is 11.8 Å². The molecule has 2 amide bonds. The molecule has 102 valence electrons. The van der Waals surface area contributed by atoms with Gasteiger partial charge in [-0.05, 0) is 24.1 Å². The van der Waals surface area contributed by atoms with Crippen LogP contribution in [0.1, 0.15) is 24.5 Å². The predicted molar refractivity (Wildman–Crippen MR) is 75.6 cm³/mol. The van der Waals surface area contributed by atoms with Gasteiger partial charge in [-0.1, -0.05) is 30.9 Å². The molecular formula is C15H20N2O2. The molecule has 0 aliphatic heterocycles. The van der Waals surface area contributed by atoms with Crippen LogP contribution in [-0.2, 0) is 6.54 Å². The Hall–Kier alpha value is -1.99. The molecule has 0 saturated carbocycles. The number of nitrogens with one attached hydrogen (secondary N) is 1. The van der Waals surface area contributed by atoms with Crippen LogP contribution in [0.4, 0.5) is 4.79 Å². The van der Waals surface area contributed by atoms with E-state index in [4.69, 9.17) is 5.11 Å². The molecule has 0 aliphatic carbocycles. The van der Waals surface area contributed by atoms with E-state index in [1.807, 2.05) is 31.2 Å². The van der Waals surface area contributed by atoms with E-state index in [0.29, 0.717) is 13.1 Å². The average Bonchev–Trinajstić information content (AvgIpc) is 2.42. The lowest BCUT2D eigenvalue weighted by atomic mass is 10.1. The Balaban J connectivity index is 2.63. The van der Waals surface area contributed by atoms with E-state index in [9.17, 15) is 4.79 Å². The summed E-state index contributed by atoms with van der Waals surface area (Å²) in [4.78, 5) is 13.4. The monoisotopic (exact) mass is 260 g/mol. The van der Waals surface area contributed by atoms with E-state index >= 15 is 0 Å². The van der Waals surface area contributed by atoms with Crippen molar-refractivity contribution < 1.29 is 9.90 Å². The minimum Gasteiger partial charge on any atom is -0.384 e. The van der Waals surface area contributed by atoms with Gasteiger partial charge in [-0.2, -0.15) is 0 Å². The zero-order chi connectivity index (χ0) is 14.1. The topological polar surface area (TPSA) is 52.6 Å². The molecule has 0 radical (unpaired) electrons. The van der Waals surface area contributed by atoms with Gasteiger partial charge in [-0.15, -0.1) is 0 Å². The Morgan fingerprint density at radius 3 is 2.95 bits per heavy atom. The van der Waals surface area contributed by atoms with Gasteiger partial charge >= 0.3 is 6.03 Å². The third-order valence-electron chi connectivity index (χ3n) is 2.53. The standard InChI is InChI=1S/C15H20N2O2/c1-3-9-16-15(19)17(2)12-14-7-4-6-13(11-14)8-5-10-18/h4,6-7,11,18H,3,9-10,12H2,1-2H3,(H,16,19). The van der Waals surface area contributed by atoms with Crippen molar-refractivity contribution in [1.29, 1.82) is 0 Å². The highest BCUT2D eigenvalue weighted by molar-refractivity contribution is 5.73. The summed E-state index contributed by atoms with van der Waals surface area (Å²) >= 11 is 0. The fourth-order valence-corrected chi connectivity index (χ4v) is 1.60. The van der Waals surface area contributed by atoms with Crippen molar-refractivity contribution in [2.45, 2.75) is 19.9 Å². The summed E-state index contributed by atoms with van der Waals surface area (Å²) < 4.78 is 0. The Morgan fingerprint density at radius 1 is 1.47 bits per heavy atom. The van der Waals surface area contributed by atoms with E-state index in [1.54, 1.807) is 11.9 Å². The second-order valence-electron chi connectivity index (χ2n) is 4.25. The normalized spacial score (nSPS) is 9.42. The van der Waals surface area contributed by atoms with Crippen molar-refractivity contribution in [3.05, 3.63) is 35.4 Å². The number of nitrogens with zero attached hydrogens (tertiary/aromatic N) is 1. The molecule has 0 fully saturated rings. The van der Waals surface area contributed by atoms with Crippen LogP contribution in [0.2, 0.25) is 0 Å². The summed E-state index contributed by atoms with van der Waals surface area (Å²) in [5.41, 5.74) is 1.85. The summed E-state index contributed by atoms with van der Waals surface area (Å²) in [5.74, 6) is 5.46. The number of rotatable bonds is 4. The maximum absolute atomic E-state index is 11.7. The SMILES string of the molecule is CCCNC(=O)N(C)Cc1cccc(C#CCO)c1. The third kappa shape index (κ3) is 5.45. The predicted octanol–water partition coefficient (Wildman–Crippen LogP) is 1.58. The highest BCUT2D eigenvalue weighted by Gasteiger charge is 2.07. The van der Waals surface area contributed by atoms with Crippen molar-refractivity contribution in [2.24, 2.45) is 0 Å². The van der Waals surface area contributed by atoms with E-state index in [0.717, 1.165) is 17.5 Å². The first-order valence-corrected chi connectivity index (χ1v) is 6.35. The largest absolute Gasteiger partial charge is 0.384 e. The lowest BCUT2D eigenvalue weighted by molar-refractivity contribution is 0.207. The van der Waals surface area contributed by atoms with Gasteiger partial charge in [0.05, 0.1) is 0 Å². The van der Waals surface area contributed by atoms with Crippen LogP contribution in [0.5, 0.6) is 0 Å². The number of hydrogen-bond donors (Lipinski definition) is 2. The molecule has 0 unspecified atom stereocenters. The van der Waals surface area contributed by atoms with Crippen LogP contribution in [-0.4, -0.2) is 36.2 Å². The van der Waals surface area contributed by atoms with Gasteiger partial charge in [0.25, 0.3) is 0 Å². The van der Waals surface area contributed by atoms with Gasteiger partial charge < -0.3 is 15.3 Å². The van der Waals surface area contributed by atoms with Gasteiger partial charge in [-0.25, -0.2) is 4.79 Å². The van der Waals surface area contributed by atoms with Gasteiger partial charge in [0, 0.05) is 25.7 Å². The van der Waals surface area contributed by atoms with Crippen LogP contribution < -0.4 is 5.32 Å². The van der Waals surface area contributed by atoms with Crippen molar-refractivity contribution in [3.63, 3.8) is 0 Å². The number of hydrogen-bond acceptors (Lipinski definition) is 2. The number of benzene rings is 1. The molecule has 1 aromatic carbocycles. The summed E-state index contributed by atoms with van der Waals surface area (Å²) in [5, 5.41) is 11.5. The van der Waals surface area contributed by atoms with Gasteiger partial charge in [0.2, 0.25) is 0 Å². The van der Waals surface area contributed by atoms with Crippen LogP contribution >= 0.6 is 0 Å². The van der Waals surface area contributed by atoms with Crippen molar-refractivity contribution in [3.8, 4) is 11.8 Å². The molecule has 2 N–H and O–H groups in total. The van der Waals surface area contributed by atoms with Crippen LogP contribution in [0.25, 0.3) is 0 Å². The molecule has 19 heavy (non-hydrogen) atoms. The van der Waals surface area contributed by atoms with Gasteiger partial charge in [-0.3, -0.25) is 0 Å². The fourth-order valence-electron chi connectivity index (χ4n) is 1.60. The van der Waals surface area contributed by atoms with Crippen molar-refractivity contribution in [2.75, 3.05) is 20.2 Å². The fraction of sp³-hybridized carbons (Fsp3) is 0.400. The molecule has 0 bridgehead atoms. The van der Waals surface area contributed by atoms with Gasteiger partial charge in [0.1, 0.15) is 6.61 Å². The highest BCUT2D eigenvalue weighted by Crippen LogP contribution is 2.07. The Morgan fingerprint density at radius 2 is 2.26 bits per heavy atom. The molecule has 0 aliphatic rings. The molecule has 4 heteroatoms. The minimum atomic E-state index is -0.149. The molecule has 0 atom stereocenters. The number of amides is 2. The summed E-state index contributed by atoms with van der Waals surface area (Å²) in [6.45, 7) is 3.09. The lowest BCUT2D eigenvalue weighted by Gasteiger charge is -2.17. The zero-order valence-electron chi connectivity index (χ0n) is 11.4. The smallest absolute Gasteiger partial charge is 0.317 e. The molecule has 0 spiro atoms. The maximum atomic E-state index is 11.7. The lowest BCUT2D eigenvalue weighted by Crippen LogP contribution is -2.37. The number of aliphatic hydroxyl groups is 1. The van der Waals surface area contributed by atoms with Crippen LogP contribution in [0.15, 0.2) is 24.3 Å². The molecule has 0 heterocycles. The quantitative estimate of drug-likeness (QED) is 0.808. The van der Waals surface area contributed by atoms with Gasteiger partial charge in [0.15, 0.2) is 0 Å². The molecule has 4 nitrogen and oxygen atoms in total. The first kappa shape index (κ1) is 15.1. The second kappa shape index (κ2) is 8.17. The summed E-state index contributed by atoms with van der Waals surface area (Å²) in [6, 6.07) is 7.58. The Bertz CT molecular complexity index is 475. The molecule has 0 aromatic heterocycles. The van der Waals surface area contributed by atoms with Crippen LogP contribution in [0.3, 0.4) is 0 Å². The first-order valence-electron chi connectivity index (χ1n) is 6.35. The molecule has 0 saturated heterocycles. The number of urea groups is 1. The highest BCUT2D eigenvalue weighted by atomic mass is 16.2. The van der Waals surface area contributed by atoms with E-state index in [1.165, 1.54) is 0 Å². The van der Waals surface area contributed by atoms with E-state index in [-0.39, 0.29) is 12.6 Å². The second-order valence-corrected chi connectivity index (χ2v) is 4.25. The Kier molecular flexibility index (Phi) is 6.48. The third-order valence-corrected chi connectivity index (χ3v) is 2.53. The average molecular weight is 260 g/mol. The molecule has 1 rings (SSSR count). The van der Waals surface area contributed by atoms with E-state index < -0.39 is 0 Å². The van der Waals surface area contributed by atoms with Crippen molar-refractivity contribution >= 4 is 6.03 Å². The molecule has 1 aromatic rings. The van der Waals surface area contributed by atoms with E-state index in [2.05, 4.69) is 17.2 Å². The number of carbonyl (C=O) groups excluding carboxylic acids is 1. The molecular weight excluding hydrogens is 240 g/mol. The summed E-state index contributed by atoms with van der Waals surface area (Å²) in [7, 11) is 1.76. The van der Waals surface area contributed by atoms with Crippen molar-refractivity contribution in [1.82, 2.24) is 10.2 Å². The number of aliphatic hydroxyl groups excluding tert-OH is 1.